The average Bonchev–Trinajstić information content (AvgIpc) is 2.63. The van der Waals surface area contributed by atoms with Crippen LogP contribution in [-0.2, 0) is 4.79 Å². The van der Waals surface area contributed by atoms with Crippen LogP contribution in [0, 0.1) is 0 Å². The van der Waals surface area contributed by atoms with E-state index in [1.54, 1.807) is 0 Å². The smallest absolute Gasteiger partial charge is 0.262 e. The number of hydrogen-bond acceptors (Lipinski definition) is 2. The maximum absolute atomic E-state index is 12.1. The normalized spacial score (nSPS) is 10.2. The van der Waals surface area contributed by atoms with Crippen molar-refractivity contribution in [3.8, 4) is 16.9 Å². The molecule has 120 valence electrons. The maximum Gasteiger partial charge on any atom is 0.262 e. The summed E-state index contributed by atoms with van der Waals surface area (Å²) in [4.78, 5) is 12.1. The number of ether oxygens (including phenoxy) is 1. The van der Waals surface area contributed by atoms with Crippen LogP contribution in [0.15, 0.2) is 83.3 Å². The topological polar surface area (TPSA) is 38.3 Å². The number of anilines is 1. The molecule has 0 atom stereocenters. The molecule has 4 heteroatoms. The number of rotatable bonds is 5. The van der Waals surface area contributed by atoms with Gasteiger partial charge in [0.2, 0.25) is 0 Å². The van der Waals surface area contributed by atoms with Crippen LogP contribution in [0.5, 0.6) is 5.75 Å². The van der Waals surface area contributed by atoms with Gasteiger partial charge < -0.3 is 10.1 Å². The van der Waals surface area contributed by atoms with E-state index in [0.717, 1.165) is 21.3 Å². The molecule has 0 saturated carbocycles. The van der Waals surface area contributed by atoms with Gasteiger partial charge in [0, 0.05) is 10.0 Å². The summed E-state index contributed by atoms with van der Waals surface area (Å²) in [6.45, 7) is -0.0504. The highest BCUT2D eigenvalue weighted by Gasteiger charge is 2.09. The van der Waals surface area contributed by atoms with Gasteiger partial charge in [-0.1, -0.05) is 60.7 Å². The molecule has 0 aliphatic rings. The number of amides is 1. The zero-order chi connectivity index (χ0) is 16.8. The van der Waals surface area contributed by atoms with Gasteiger partial charge in [-0.3, -0.25) is 4.79 Å². The molecule has 1 amide bonds. The highest BCUT2D eigenvalue weighted by Crippen LogP contribution is 2.29. The van der Waals surface area contributed by atoms with Gasteiger partial charge in [-0.05, 0) is 39.7 Å². The fraction of sp³-hybridized carbons (Fsp3) is 0.0500. The predicted octanol–water partition coefficient (Wildman–Crippen LogP) is 5.13. The van der Waals surface area contributed by atoms with E-state index < -0.39 is 0 Å². The van der Waals surface area contributed by atoms with E-state index in [9.17, 15) is 4.79 Å². The highest BCUT2D eigenvalue weighted by atomic mass is 79.9. The lowest BCUT2D eigenvalue weighted by Gasteiger charge is -2.12. The van der Waals surface area contributed by atoms with Crippen molar-refractivity contribution in [2.45, 2.75) is 0 Å². The Bertz CT molecular complexity index is 834. The SMILES string of the molecule is O=C(COc1ccccc1-c1ccccc1)Nc1ccccc1Br. The van der Waals surface area contributed by atoms with E-state index in [4.69, 9.17) is 4.74 Å². The van der Waals surface area contributed by atoms with Crippen molar-refractivity contribution in [1.29, 1.82) is 0 Å². The molecular weight excluding hydrogens is 366 g/mol. The minimum absolute atomic E-state index is 0.0504. The van der Waals surface area contributed by atoms with Crippen molar-refractivity contribution in [3.63, 3.8) is 0 Å². The molecule has 0 saturated heterocycles. The van der Waals surface area contributed by atoms with Crippen molar-refractivity contribution >= 4 is 27.5 Å². The van der Waals surface area contributed by atoms with Gasteiger partial charge in [-0.25, -0.2) is 0 Å². The summed E-state index contributed by atoms with van der Waals surface area (Å²) in [5.41, 5.74) is 2.74. The van der Waals surface area contributed by atoms with Gasteiger partial charge in [-0.2, -0.15) is 0 Å². The number of para-hydroxylation sites is 2. The Hall–Kier alpha value is -2.59. The Balaban J connectivity index is 1.69. The average molecular weight is 382 g/mol. The van der Waals surface area contributed by atoms with Gasteiger partial charge in [-0.15, -0.1) is 0 Å². The molecule has 3 aromatic carbocycles. The van der Waals surface area contributed by atoms with E-state index in [-0.39, 0.29) is 12.5 Å². The Labute approximate surface area is 149 Å². The van der Waals surface area contributed by atoms with Gasteiger partial charge in [0.1, 0.15) is 5.75 Å². The molecule has 0 bridgehead atoms. The molecule has 0 aliphatic carbocycles. The summed E-state index contributed by atoms with van der Waals surface area (Å²) >= 11 is 3.41. The fourth-order valence-electron chi connectivity index (χ4n) is 2.34. The number of carbonyl (C=O) groups is 1. The summed E-state index contributed by atoms with van der Waals surface area (Å²) in [5, 5.41) is 2.83. The van der Waals surface area contributed by atoms with Crippen LogP contribution in [-0.4, -0.2) is 12.5 Å². The van der Waals surface area contributed by atoms with Crippen LogP contribution in [0.3, 0.4) is 0 Å². The highest BCUT2D eigenvalue weighted by molar-refractivity contribution is 9.10. The van der Waals surface area contributed by atoms with Crippen LogP contribution in [0.2, 0.25) is 0 Å². The summed E-state index contributed by atoms with van der Waals surface area (Å²) < 4.78 is 6.57. The van der Waals surface area contributed by atoms with Crippen LogP contribution in [0.25, 0.3) is 11.1 Å². The first kappa shape index (κ1) is 16.3. The van der Waals surface area contributed by atoms with Crippen LogP contribution < -0.4 is 10.1 Å². The van der Waals surface area contributed by atoms with E-state index in [0.29, 0.717) is 5.75 Å². The van der Waals surface area contributed by atoms with Gasteiger partial charge in [0.05, 0.1) is 5.69 Å². The number of carbonyl (C=O) groups excluding carboxylic acids is 1. The first-order valence-corrected chi connectivity index (χ1v) is 8.35. The molecule has 24 heavy (non-hydrogen) atoms. The standard InChI is InChI=1S/C20H16BrNO2/c21-17-11-5-6-12-18(17)22-20(23)14-24-19-13-7-4-10-16(19)15-8-2-1-3-9-15/h1-13H,14H2,(H,22,23). The lowest BCUT2D eigenvalue weighted by Crippen LogP contribution is -2.20. The van der Waals surface area contributed by atoms with Gasteiger partial charge >= 0.3 is 0 Å². The fourth-order valence-corrected chi connectivity index (χ4v) is 2.72. The first-order valence-electron chi connectivity index (χ1n) is 7.55. The first-order chi connectivity index (χ1) is 11.7. The second-order valence-corrected chi connectivity index (χ2v) is 6.03. The van der Waals surface area contributed by atoms with Crippen molar-refractivity contribution in [1.82, 2.24) is 0 Å². The van der Waals surface area contributed by atoms with Crippen LogP contribution in [0.4, 0.5) is 5.69 Å². The Morgan fingerprint density at radius 1 is 0.875 bits per heavy atom. The van der Waals surface area contributed by atoms with Crippen molar-refractivity contribution in [3.05, 3.63) is 83.3 Å². The summed E-state index contributed by atoms with van der Waals surface area (Å²) in [6, 6.07) is 25.1. The zero-order valence-electron chi connectivity index (χ0n) is 12.9. The van der Waals surface area contributed by atoms with E-state index in [1.807, 2.05) is 78.9 Å². The van der Waals surface area contributed by atoms with Crippen molar-refractivity contribution < 1.29 is 9.53 Å². The molecule has 3 rings (SSSR count). The Morgan fingerprint density at radius 3 is 2.33 bits per heavy atom. The third-order valence-corrected chi connectivity index (χ3v) is 4.17. The van der Waals surface area contributed by atoms with Gasteiger partial charge in [0.25, 0.3) is 5.91 Å². The molecule has 1 N–H and O–H groups in total. The third kappa shape index (κ3) is 4.03. The minimum atomic E-state index is -0.204. The van der Waals surface area contributed by atoms with Crippen molar-refractivity contribution in [2.24, 2.45) is 0 Å². The predicted molar refractivity (Wildman–Crippen MR) is 100 cm³/mol. The molecular formula is C20H16BrNO2. The molecule has 3 aromatic rings. The van der Waals surface area contributed by atoms with E-state index in [2.05, 4.69) is 21.2 Å². The number of halogens is 1. The van der Waals surface area contributed by atoms with Crippen molar-refractivity contribution in [2.75, 3.05) is 11.9 Å². The van der Waals surface area contributed by atoms with Crippen LogP contribution >= 0.6 is 15.9 Å². The quantitative estimate of drug-likeness (QED) is 0.664. The molecule has 0 fully saturated rings. The summed E-state index contributed by atoms with van der Waals surface area (Å²) in [7, 11) is 0. The molecule has 0 spiro atoms. The molecule has 3 nitrogen and oxygen atoms in total. The molecule has 0 heterocycles. The summed E-state index contributed by atoms with van der Waals surface area (Å²) in [5.74, 6) is 0.482. The second kappa shape index (κ2) is 7.79. The van der Waals surface area contributed by atoms with Crippen LogP contribution in [0.1, 0.15) is 0 Å². The molecule has 0 aromatic heterocycles. The maximum atomic E-state index is 12.1. The largest absolute Gasteiger partial charge is 0.483 e. The molecule has 0 radical (unpaired) electrons. The number of nitrogens with one attached hydrogen (secondary N) is 1. The summed E-state index contributed by atoms with van der Waals surface area (Å²) in [6.07, 6.45) is 0. The van der Waals surface area contributed by atoms with Gasteiger partial charge in [0.15, 0.2) is 6.61 Å². The number of benzene rings is 3. The van der Waals surface area contributed by atoms with E-state index in [1.165, 1.54) is 0 Å². The Morgan fingerprint density at radius 2 is 1.54 bits per heavy atom. The minimum Gasteiger partial charge on any atom is -0.483 e. The Kier molecular flexibility index (Phi) is 5.29. The monoisotopic (exact) mass is 381 g/mol. The lowest BCUT2D eigenvalue weighted by molar-refractivity contribution is -0.118. The number of hydrogen-bond donors (Lipinski definition) is 1. The van der Waals surface area contributed by atoms with E-state index >= 15 is 0 Å². The molecule has 0 unspecified atom stereocenters. The second-order valence-electron chi connectivity index (χ2n) is 5.18. The lowest BCUT2D eigenvalue weighted by atomic mass is 10.1. The molecule has 0 aliphatic heterocycles. The third-order valence-electron chi connectivity index (χ3n) is 3.48. The zero-order valence-corrected chi connectivity index (χ0v) is 14.5.